The van der Waals surface area contributed by atoms with E-state index in [9.17, 15) is 18.3 Å². The van der Waals surface area contributed by atoms with Gasteiger partial charge in [0.25, 0.3) is 0 Å². The van der Waals surface area contributed by atoms with E-state index in [0.29, 0.717) is 51.9 Å². The van der Waals surface area contributed by atoms with Crippen molar-refractivity contribution >= 4 is 34.5 Å². The highest BCUT2D eigenvalue weighted by atomic mass is 32.1. The molecule has 0 amide bonds. The first-order chi connectivity index (χ1) is 18.7. The van der Waals surface area contributed by atoms with Gasteiger partial charge in [-0.2, -0.15) is 13.2 Å². The second-order valence-electron chi connectivity index (χ2n) is 9.36. The van der Waals surface area contributed by atoms with Crippen LogP contribution < -0.4 is 16.0 Å². The van der Waals surface area contributed by atoms with Gasteiger partial charge in [-0.25, -0.2) is 9.97 Å². The maximum atomic E-state index is 13.3. The predicted molar refractivity (Wildman–Crippen MR) is 145 cm³/mol. The highest BCUT2D eigenvalue weighted by Gasteiger charge is 2.32. The number of aliphatic hydroxyl groups is 1. The average molecular weight is 560 g/mol. The van der Waals surface area contributed by atoms with Gasteiger partial charge in [-0.3, -0.25) is 15.2 Å². The number of benzene rings is 1. The number of halogens is 3. The molecule has 4 N–H and O–H groups in total. The first-order valence-electron chi connectivity index (χ1n) is 12.5. The number of pyridine rings is 1. The first kappa shape index (κ1) is 27.3. The summed E-state index contributed by atoms with van der Waals surface area (Å²) in [5.41, 5.74) is 2.91. The molecule has 2 aliphatic heterocycles. The zero-order valence-corrected chi connectivity index (χ0v) is 22.0. The minimum Gasteiger partial charge on any atom is -0.379 e. The smallest absolute Gasteiger partial charge is 0.379 e. The van der Waals surface area contributed by atoms with Gasteiger partial charge < -0.3 is 20.5 Å². The fourth-order valence-corrected chi connectivity index (χ4v) is 4.77. The fraction of sp³-hybridized carbons (Fsp3) is 0.385. The van der Waals surface area contributed by atoms with E-state index in [1.54, 1.807) is 25.3 Å². The van der Waals surface area contributed by atoms with Crippen LogP contribution in [0.1, 0.15) is 28.7 Å². The topological polar surface area (TPSA) is 107 Å². The fourth-order valence-electron chi connectivity index (χ4n) is 4.50. The van der Waals surface area contributed by atoms with Crippen LogP contribution in [0.2, 0.25) is 0 Å². The van der Waals surface area contributed by atoms with E-state index in [1.165, 1.54) is 6.07 Å². The van der Waals surface area contributed by atoms with Gasteiger partial charge in [-0.1, -0.05) is 18.3 Å². The number of alkyl halides is 3. The zero-order valence-electron chi connectivity index (χ0n) is 21.2. The number of aromatic nitrogens is 3. The van der Waals surface area contributed by atoms with Gasteiger partial charge in [0.05, 0.1) is 46.5 Å². The molecule has 1 aromatic carbocycles. The van der Waals surface area contributed by atoms with Crippen molar-refractivity contribution in [2.24, 2.45) is 0 Å². The van der Waals surface area contributed by atoms with Gasteiger partial charge in [-0.05, 0) is 31.2 Å². The van der Waals surface area contributed by atoms with E-state index in [1.807, 2.05) is 0 Å². The van der Waals surface area contributed by atoms with Crippen LogP contribution in [0.5, 0.6) is 0 Å². The Morgan fingerprint density at radius 3 is 2.72 bits per heavy atom. The van der Waals surface area contributed by atoms with Crippen molar-refractivity contribution < 1.29 is 23.0 Å². The number of morpholine rings is 1. The van der Waals surface area contributed by atoms with Crippen molar-refractivity contribution in [1.29, 1.82) is 0 Å². The quantitative estimate of drug-likeness (QED) is 0.252. The van der Waals surface area contributed by atoms with Crippen LogP contribution in [0.15, 0.2) is 36.5 Å². The molecule has 39 heavy (non-hydrogen) atoms. The molecule has 1 unspecified atom stereocenters. The minimum atomic E-state index is -4.48. The predicted octanol–water partition coefficient (Wildman–Crippen LogP) is 3.82. The molecule has 1 saturated heterocycles. The number of nitrogens with one attached hydrogen (secondary N) is 3. The van der Waals surface area contributed by atoms with E-state index in [4.69, 9.17) is 17.0 Å². The Bertz CT molecular complexity index is 1370. The highest BCUT2D eigenvalue weighted by molar-refractivity contribution is 7.80. The summed E-state index contributed by atoms with van der Waals surface area (Å²) in [5.74, 6) is 0.259. The summed E-state index contributed by atoms with van der Waals surface area (Å²) in [7, 11) is 0. The number of hydrogen-bond donors (Lipinski definition) is 4. The normalized spacial score (nSPS) is 16.6. The molecule has 13 heteroatoms. The molecule has 206 valence electrons. The molecular weight excluding hydrogens is 531 g/mol. The molecule has 1 atom stereocenters. The van der Waals surface area contributed by atoms with Gasteiger partial charge in [0.1, 0.15) is 6.23 Å². The molecule has 4 heterocycles. The third kappa shape index (κ3) is 6.50. The van der Waals surface area contributed by atoms with E-state index in [-0.39, 0.29) is 11.6 Å². The Morgan fingerprint density at radius 2 is 1.97 bits per heavy atom. The second kappa shape index (κ2) is 11.5. The number of nitrogens with zero attached hydrogens (tertiary/aromatic N) is 4. The van der Waals surface area contributed by atoms with Crippen LogP contribution in [-0.2, 0) is 17.3 Å². The molecule has 0 radical (unpaired) electrons. The molecule has 5 rings (SSSR count). The third-order valence-corrected chi connectivity index (χ3v) is 6.84. The van der Waals surface area contributed by atoms with Gasteiger partial charge in [-0.15, -0.1) is 0 Å². The largest absolute Gasteiger partial charge is 0.416 e. The van der Waals surface area contributed by atoms with Crippen molar-refractivity contribution in [3.05, 3.63) is 59.0 Å². The molecule has 0 spiro atoms. The Kier molecular flexibility index (Phi) is 8.05. The summed E-state index contributed by atoms with van der Waals surface area (Å²) in [6, 6.07) is 6.95. The van der Waals surface area contributed by atoms with Gasteiger partial charge in [0, 0.05) is 55.6 Å². The van der Waals surface area contributed by atoms with Crippen LogP contribution in [0.25, 0.3) is 11.3 Å². The van der Waals surface area contributed by atoms with Gasteiger partial charge in [0.15, 0.2) is 0 Å². The van der Waals surface area contributed by atoms with Crippen LogP contribution in [-0.4, -0.2) is 69.3 Å². The number of hydrogen-bond acceptors (Lipinski definition) is 9. The second-order valence-corrected chi connectivity index (χ2v) is 9.85. The molecule has 0 bridgehead atoms. The number of thiocarbonyl (C=S) groups is 1. The SMILES string of the molecule is Cc1nc(C(O)NCCN2CCOCC2)ccc1Nc1ncc2c(n1)-c1ccc(C(F)(F)F)cc1NC(=S)C2. The Balaban J connectivity index is 1.31. The van der Waals surface area contributed by atoms with E-state index in [2.05, 4.69) is 35.8 Å². The van der Waals surface area contributed by atoms with Crippen LogP contribution in [0.4, 0.5) is 30.5 Å². The summed E-state index contributed by atoms with van der Waals surface area (Å²) in [4.78, 5) is 16.2. The lowest BCUT2D eigenvalue weighted by Gasteiger charge is -2.27. The average Bonchev–Trinajstić information content (AvgIpc) is 3.04. The Hall–Kier alpha value is -3.23. The third-order valence-electron chi connectivity index (χ3n) is 6.60. The number of fused-ring (bicyclic) bond motifs is 3. The monoisotopic (exact) mass is 559 g/mol. The number of aliphatic hydroxyl groups excluding tert-OH is 1. The summed E-state index contributed by atoms with van der Waals surface area (Å²) >= 11 is 5.32. The summed E-state index contributed by atoms with van der Waals surface area (Å²) in [6.07, 6.45) is -3.48. The van der Waals surface area contributed by atoms with Crippen LogP contribution >= 0.6 is 12.2 Å². The maximum Gasteiger partial charge on any atom is 0.416 e. The lowest BCUT2D eigenvalue weighted by molar-refractivity contribution is -0.137. The van der Waals surface area contributed by atoms with E-state index in [0.717, 1.165) is 45.0 Å². The maximum absolute atomic E-state index is 13.3. The summed E-state index contributed by atoms with van der Waals surface area (Å²) in [6.45, 7) is 6.41. The lowest BCUT2D eigenvalue weighted by atomic mass is 10.0. The van der Waals surface area contributed by atoms with Crippen molar-refractivity contribution in [1.82, 2.24) is 25.2 Å². The van der Waals surface area contributed by atoms with Crippen LogP contribution in [0, 0.1) is 6.92 Å². The molecule has 3 aromatic rings. The molecule has 2 aromatic heterocycles. The van der Waals surface area contributed by atoms with Gasteiger partial charge >= 0.3 is 6.18 Å². The minimum absolute atomic E-state index is 0.246. The molecule has 1 fully saturated rings. The Morgan fingerprint density at radius 1 is 1.18 bits per heavy atom. The summed E-state index contributed by atoms with van der Waals surface area (Å²) in [5, 5.41) is 19.7. The van der Waals surface area contributed by atoms with Crippen molar-refractivity contribution in [2.75, 3.05) is 50.0 Å². The molecule has 2 aliphatic rings. The number of aryl methyl sites for hydroxylation is 1. The van der Waals surface area contributed by atoms with E-state index < -0.39 is 18.0 Å². The molecule has 0 aliphatic carbocycles. The van der Waals surface area contributed by atoms with E-state index >= 15 is 0 Å². The summed E-state index contributed by atoms with van der Waals surface area (Å²) < 4.78 is 45.2. The van der Waals surface area contributed by atoms with Crippen molar-refractivity contribution in [2.45, 2.75) is 25.7 Å². The van der Waals surface area contributed by atoms with Crippen molar-refractivity contribution in [3.8, 4) is 11.3 Å². The van der Waals surface area contributed by atoms with Gasteiger partial charge in [0.2, 0.25) is 5.95 Å². The zero-order chi connectivity index (χ0) is 27.6. The Labute approximate surface area is 228 Å². The molecule has 9 nitrogen and oxygen atoms in total. The first-order valence-corrected chi connectivity index (χ1v) is 12.9. The number of anilines is 3. The van der Waals surface area contributed by atoms with Crippen LogP contribution in [0.3, 0.4) is 0 Å². The highest BCUT2D eigenvalue weighted by Crippen LogP contribution is 2.38. The molecule has 0 saturated carbocycles. The van der Waals surface area contributed by atoms with Crippen molar-refractivity contribution in [3.63, 3.8) is 0 Å². The lowest BCUT2D eigenvalue weighted by Crippen LogP contribution is -2.40. The standard InChI is InChI=1S/C26H28F3N7O2S/c1-15-19(4-5-20(32-15)24(37)30-6-7-36-8-10-38-11-9-36)34-25-31-14-16-12-22(39)33-21-13-17(26(27,28)29)2-3-18(21)23(16)35-25/h2-5,13-14,24,30,37H,6-12H2,1H3,(H,33,39)(H,31,34,35). The molecular formula is C26H28F3N7O2S. The number of ether oxygens (including phenoxy) is 1. The number of rotatable bonds is 7.